The largest absolute Gasteiger partial charge is 0.383 e. The van der Waals surface area contributed by atoms with E-state index in [2.05, 4.69) is 22.7 Å². The highest BCUT2D eigenvalue weighted by Gasteiger charge is 2.46. The van der Waals surface area contributed by atoms with Crippen molar-refractivity contribution in [3.05, 3.63) is 40.9 Å². The Morgan fingerprint density at radius 3 is 2.82 bits per heavy atom. The number of hydrogen-bond acceptors (Lipinski definition) is 4. The van der Waals surface area contributed by atoms with Gasteiger partial charge in [-0.15, -0.1) is 12.6 Å². The Labute approximate surface area is 138 Å². The first kappa shape index (κ1) is 15.8. The Morgan fingerprint density at radius 1 is 1.55 bits per heavy atom. The number of halogens is 2. The van der Waals surface area contributed by atoms with Crippen molar-refractivity contribution in [2.24, 2.45) is 11.8 Å². The van der Waals surface area contributed by atoms with Gasteiger partial charge in [-0.2, -0.15) is 5.10 Å². The molecule has 2 unspecified atom stereocenters. The van der Waals surface area contributed by atoms with Crippen LogP contribution in [0.4, 0.5) is 4.39 Å². The summed E-state index contributed by atoms with van der Waals surface area (Å²) in [4.78, 5) is 3.94. The lowest BCUT2D eigenvalue weighted by atomic mass is 9.79. The second-order valence-electron chi connectivity index (χ2n) is 5.89. The monoisotopic (exact) mass is 341 g/mol. The summed E-state index contributed by atoms with van der Waals surface area (Å²) in [5.74, 6) is -0.240. The summed E-state index contributed by atoms with van der Waals surface area (Å²) in [6, 6.07) is 4.36. The van der Waals surface area contributed by atoms with E-state index in [9.17, 15) is 9.50 Å². The minimum Gasteiger partial charge on any atom is -0.383 e. The van der Waals surface area contributed by atoms with Crippen LogP contribution >= 0.6 is 24.2 Å². The van der Waals surface area contributed by atoms with Crippen LogP contribution in [-0.4, -0.2) is 19.9 Å². The summed E-state index contributed by atoms with van der Waals surface area (Å²) < 4.78 is 15.9. The minimum absolute atomic E-state index is 0.0993. The van der Waals surface area contributed by atoms with Gasteiger partial charge in [-0.25, -0.2) is 14.1 Å². The van der Waals surface area contributed by atoms with Gasteiger partial charge in [0.25, 0.3) is 0 Å². The first-order valence-corrected chi connectivity index (χ1v) is 7.99. The van der Waals surface area contributed by atoms with Gasteiger partial charge in [0, 0.05) is 10.6 Å². The maximum atomic E-state index is 14.4. The van der Waals surface area contributed by atoms with E-state index in [0.717, 1.165) is 12.8 Å². The normalized spacial score (nSPS) is 19.0. The van der Waals surface area contributed by atoms with E-state index in [-0.39, 0.29) is 18.0 Å². The van der Waals surface area contributed by atoms with Gasteiger partial charge >= 0.3 is 0 Å². The standard InChI is InChI=1S/C15H17ClFN3OS/c1-9(10-2-3-10)15(21,7-20-14(22)18-8-19-20)12-5-4-11(16)6-13(12)17/h4-6,8-10,21H,2-3,7H2,1H3,(H,18,19,22). The lowest BCUT2D eigenvalue weighted by molar-refractivity contribution is -0.0489. The van der Waals surface area contributed by atoms with Crippen LogP contribution < -0.4 is 0 Å². The first-order valence-electron chi connectivity index (χ1n) is 7.16. The second-order valence-corrected chi connectivity index (χ2v) is 6.73. The van der Waals surface area contributed by atoms with Crippen LogP contribution in [0, 0.1) is 17.7 Å². The third-order valence-electron chi connectivity index (χ3n) is 4.47. The average molecular weight is 342 g/mol. The van der Waals surface area contributed by atoms with E-state index in [4.69, 9.17) is 11.6 Å². The number of nitrogens with zero attached hydrogens (tertiary/aromatic N) is 3. The lowest BCUT2D eigenvalue weighted by Crippen LogP contribution is -2.40. The molecule has 3 rings (SSSR count). The van der Waals surface area contributed by atoms with Gasteiger partial charge in [-0.3, -0.25) is 0 Å². The molecule has 2 aromatic rings. The van der Waals surface area contributed by atoms with E-state index in [1.54, 1.807) is 12.1 Å². The lowest BCUT2D eigenvalue weighted by Gasteiger charge is -2.35. The molecule has 1 saturated carbocycles. The summed E-state index contributed by atoms with van der Waals surface area (Å²) in [6.45, 7) is 2.04. The molecule has 0 saturated heterocycles. The van der Waals surface area contributed by atoms with E-state index in [1.165, 1.54) is 17.1 Å². The van der Waals surface area contributed by atoms with E-state index in [1.807, 2.05) is 6.92 Å². The molecular formula is C15H17ClFN3OS. The number of aromatic nitrogens is 3. The molecule has 1 aliphatic carbocycles. The Balaban J connectivity index is 2.04. The Hall–Kier alpha value is -1.11. The van der Waals surface area contributed by atoms with Crippen LogP contribution in [0.25, 0.3) is 0 Å². The molecule has 1 aliphatic rings. The third kappa shape index (κ3) is 2.87. The summed E-state index contributed by atoms with van der Waals surface area (Å²) in [7, 11) is 0. The molecule has 1 fully saturated rings. The number of thiol groups is 1. The Kier molecular flexibility index (Phi) is 4.18. The third-order valence-corrected chi connectivity index (χ3v) is 5.05. The summed E-state index contributed by atoms with van der Waals surface area (Å²) in [5, 5.41) is 16.1. The topological polar surface area (TPSA) is 50.9 Å². The molecule has 118 valence electrons. The van der Waals surface area contributed by atoms with Crippen LogP contribution in [0.1, 0.15) is 25.3 Å². The van der Waals surface area contributed by atoms with Crippen molar-refractivity contribution in [2.45, 2.75) is 37.1 Å². The fourth-order valence-corrected chi connectivity index (χ4v) is 3.23. The zero-order valence-corrected chi connectivity index (χ0v) is 13.7. The zero-order valence-electron chi connectivity index (χ0n) is 12.1. The molecule has 0 amide bonds. The average Bonchev–Trinajstić information content (AvgIpc) is 3.23. The van der Waals surface area contributed by atoms with Gasteiger partial charge in [0.05, 0.1) is 6.54 Å². The van der Waals surface area contributed by atoms with E-state index in [0.29, 0.717) is 16.1 Å². The molecule has 0 aliphatic heterocycles. The quantitative estimate of drug-likeness (QED) is 0.820. The molecule has 1 aromatic heterocycles. The maximum Gasteiger partial charge on any atom is 0.183 e. The molecule has 1 N–H and O–H groups in total. The fourth-order valence-electron chi connectivity index (χ4n) is 2.90. The van der Waals surface area contributed by atoms with E-state index >= 15 is 0 Å². The van der Waals surface area contributed by atoms with Crippen molar-refractivity contribution in [2.75, 3.05) is 0 Å². The van der Waals surface area contributed by atoms with Gasteiger partial charge < -0.3 is 5.11 Å². The highest BCUT2D eigenvalue weighted by atomic mass is 35.5. The molecule has 0 bridgehead atoms. The highest BCUT2D eigenvalue weighted by molar-refractivity contribution is 7.80. The maximum absolute atomic E-state index is 14.4. The predicted molar refractivity (Wildman–Crippen MR) is 84.5 cm³/mol. The van der Waals surface area contributed by atoms with Crippen molar-refractivity contribution < 1.29 is 9.50 Å². The molecule has 0 spiro atoms. The van der Waals surface area contributed by atoms with E-state index < -0.39 is 11.4 Å². The van der Waals surface area contributed by atoms with Crippen LogP contribution in [-0.2, 0) is 12.1 Å². The molecule has 2 atom stereocenters. The van der Waals surface area contributed by atoms with Gasteiger partial charge in [-0.1, -0.05) is 24.6 Å². The number of hydrogen-bond donors (Lipinski definition) is 2. The second kappa shape index (κ2) is 5.83. The van der Waals surface area contributed by atoms with Gasteiger partial charge in [-0.05, 0) is 36.8 Å². The Morgan fingerprint density at radius 2 is 2.27 bits per heavy atom. The number of benzene rings is 1. The van der Waals surface area contributed by atoms with Crippen molar-refractivity contribution in [1.29, 1.82) is 0 Å². The molecule has 0 radical (unpaired) electrons. The van der Waals surface area contributed by atoms with Crippen LogP contribution in [0.5, 0.6) is 0 Å². The molecular weight excluding hydrogens is 325 g/mol. The van der Waals surface area contributed by atoms with Gasteiger partial charge in [0.15, 0.2) is 5.16 Å². The molecule has 22 heavy (non-hydrogen) atoms. The number of aliphatic hydroxyl groups is 1. The first-order chi connectivity index (χ1) is 10.4. The Bertz CT molecular complexity index is 691. The van der Waals surface area contributed by atoms with Crippen molar-refractivity contribution in [3.8, 4) is 0 Å². The number of rotatable bonds is 5. The molecule has 1 aromatic carbocycles. The smallest absolute Gasteiger partial charge is 0.183 e. The SMILES string of the molecule is CC(C1CC1)C(O)(Cn1ncnc1S)c1ccc(Cl)cc1F. The molecule has 1 heterocycles. The van der Waals surface area contributed by atoms with Gasteiger partial charge in [0.2, 0.25) is 0 Å². The molecule has 7 heteroatoms. The summed E-state index contributed by atoms with van der Waals surface area (Å²) >= 11 is 10.0. The van der Waals surface area contributed by atoms with Gasteiger partial charge in [0.1, 0.15) is 17.7 Å². The van der Waals surface area contributed by atoms with Crippen LogP contribution in [0.3, 0.4) is 0 Å². The summed E-state index contributed by atoms with van der Waals surface area (Å²) in [6.07, 6.45) is 3.45. The predicted octanol–water partition coefficient (Wildman–Crippen LogP) is 3.29. The highest BCUT2D eigenvalue weighted by Crippen LogP contribution is 2.47. The summed E-state index contributed by atoms with van der Waals surface area (Å²) in [5.41, 5.74) is -1.15. The van der Waals surface area contributed by atoms with Crippen molar-refractivity contribution in [3.63, 3.8) is 0 Å². The van der Waals surface area contributed by atoms with Crippen LogP contribution in [0.2, 0.25) is 5.02 Å². The van der Waals surface area contributed by atoms with Crippen molar-refractivity contribution in [1.82, 2.24) is 14.8 Å². The van der Waals surface area contributed by atoms with Crippen molar-refractivity contribution >= 4 is 24.2 Å². The minimum atomic E-state index is -1.39. The fraction of sp³-hybridized carbons (Fsp3) is 0.467. The molecule has 4 nitrogen and oxygen atoms in total. The zero-order chi connectivity index (χ0) is 15.9. The van der Waals surface area contributed by atoms with Crippen LogP contribution in [0.15, 0.2) is 29.7 Å².